The molecule has 1 heterocycles. The number of hydrogen-bond acceptors (Lipinski definition) is 6. The second kappa shape index (κ2) is 9.00. The second-order valence-corrected chi connectivity index (χ2v) is 5.40. The molecule has 0 atom stereocenters. The van der Waals surface area contributed by atoms with Crippen molar-refractivity contribution in [2.24, 2.45) is 0 Å². The third kappa shape index (κ3) is 5.63. The maximum absolute atomic E-state index is 6.00. The van der Waals surface area contributed by atoms with Gasteiger partial charge in [-0.1, -0.05) is 13.8 Å². The molecule has 0 amide bonds. The van der Waals surface area contributed by atoms with Crippen molar-refractivity contribution in [2.75, 3.05) is 56.6 Å². The highest BCUT2D eigenvalue weighted by Crippen LogP contribution is 2.15. The summed E-state index contributed by atoms with van der Waals surface area (Å²) in [5.41, 5.74) is 0. The van der Waals surface area contributed by atoms with E-state index in [4.69, 9.17) is 11.6 Å². The Balaban J connectivity index is 2.71. The highest BCUT2D eigenvalue weighted by molar-refractivity contribution is 6.28. The zero-order valence-corrected chi connectivity index (χ0v) is 14.6. The zero-order chi connectivity index (χ0) is 15.8. The summed E-state index contributed by atoms with van der Waals surface area (Å²) in [6.07, 6.45) is 1.08. The van der Waals surface area contributed by atoms with Crippen LogP contribution in [0.4, 0.5) is 11.9 Å². The fourth-order valence-corrected chi connectivity index (χ4v) is 2.25. The molecule has 0 aliphatic carbocycles. The van der Waals surface area contributed by atoms with Crippen molar-refractivity contribution in [1.82, 2.24) is 19.9 Å². The monoisotopic (exact) mass is 314 g/mol. The summed E-state index contributed by atoms with van der Waals surface area (Å²) >= 11 is 6.00. The molecule has 0 bridgehead atoms. The first-order valence-corrected chi connectivity index (χ1v) is 7.95. The molecular formula is C14H27ClN6. The van der Waals surface area contributed by atoms with Crippen LogP contribution >= 0.6 is 11.6 Å². The number of aromatic nitrogens is 3. The molecule has 0 unspecified atom stereocenters. The first kappa shape index (κ1) is 17.9. The molecule has 0 spiro atoms. The number of hydrogen-bond donors (Lipinski definition) is 0. The van der Waals surface area contributed by atoms with Gasteiger partial charge in [0.15, 0.2) is 0 Å². The van der Waals surface area contributed by atoms with E-state index < -0.39 is 0 Å². The fourth-order valence-electron chi connectivity index (χ4n) is 2.10. The van der Waals surface area contributed by atoms with Gasteiger partial charge >= 0.3 is 0 Å². The Morgan fingerprint density at radius 3 is 2.00 bits per heavy atom. The van der Waals surface area contributed by atoms with Gasteiger partial charge in [0.2, 0.25) is 17.2 Å². The molecule has 0 saturated heterocycles. The predicted octanol–water partition coefficient (Wildman–Crippen LogP) is 2.15. The van der Waals surface area contributed by atoms with Crippen LogP contribution in [0.1, 0.15) is 27.2 Å². The minimum Gasteiger partial charge on any atom is -0.347 e. The lowest BCUT2D eigenvalue weighted by molar-refractivity contribution is 0.300. The maximum Gasteiger partial charge on any atom is 0.231 e. The molecule has 0 aliphatic heterocycles. The standard InChI is InChI=1S/C14H27ClN6/c1-6-20(7-2)10-9-11-21(8-3)14-17-12(15)16-13(18-14)19(4)5/h6-11H2,1-5H3. The van der Waals surface area contributed by atoms with Crippen LogP contribution in [0.2, 0.25) is 5.28 Å². The molecule has 7 heteroatoms. The van der Waals surface area contributed by atoms with Gasteiger partial charge in [0, 0.05) is 27.2 Å². The van der Waals surface area contributed by atoms with Crippen LogP contribution in [0.5, 0.6) is 0 Å². The van der Waals surface area contributed by atoms with Gasteiger partial charge in [-0.25, -0.2) is 0 Å². The van der Waals surface area contributed by atoms with Crippen LogP contribution in [0, 0.1) is 0 Å². The smallest absolute Gasteiger partial charge is 0.231 e. The average molecular weight is 315 g/mol. The van der Waals surface area contributed by atoms with Crippen LogP contribution in [0.25, 0.3) is 0 Å². The molecule has 0 fully saturated rings. The molecule has 120 valence electrons. The first-order chi connectivity index (χ1) is 10.0. The molecule has 0 N–H and O–H groups in total. The molecular weight excluding hydrogens is 288 g/mol. The van der Waals surface area contributed by atoms with Crippen molar-refractivity contribution >= 4 is 23.5 Å². The SMILES string of the molecule is CCN(CC)CCCN(CC)c1nc(Cl)nc(N(C)C)n1. The summed E-state index contributed by atoms with van der Waals surface area (Å²) < 4.78 is 0. The highest BCUT2D eigenvalue weighted by Gasteiger charge is 2.12. The second-order valence-electron chi connectivity index (χ2n) is 5.06. The van der Waals surface area contributed by atoms with Gasteiger partial charge in [-0.2, -0.15) is 15.0 Å². The average Bonchev–Trinajstić information content (AvgIpc) is 2.47. The molecule has 0 aliphatic rings. The molecule has 6 nitrogen and oxygen atoms in total. The molecule has 1 aromatic rings. The normalized spacial score (nSPS) is 11.0. The molecule has 0 saturated carbocycles. The number of halogens is 1. The third-order valence-electron chi connectivity index (χ3n) is 3.45. The molecule has 21 heavy (non-hydrogen) atoms. The van der Waals surface area contributed by atoms with Crippen molar-refractivity contribution in [3.05, 3.63) is 5.28 Å². The number of anilines is 2. The van der Waals surface area contributed by atoms with E-state index in [0.717, 1.165) is 39.1 Å². The van der Waals surface area contributed by atoms with E-state index in [9.17, 15) is 0 Å². The van der Waals surface area contributed by atoms with E-state index in [1.807, 2.05) is 19.0 Å². The molecule has 0 aromatic carbocycles. The van der Waals surface area contributed by atoms with Crippen molar-refractivity contribution < 1.29 is 0 Å². The Bertz CT molecular complexity index is 422. The van der Waals surface area contributed by atoms with Gasteiger partial charge < -0.3 is 14.7 Å². The lowest BCUT2D eigenvalue weighted by Gasteiger charge is -2.24. The lowest BCUT2D eigenvalue weighted by Crippen LogP contribution is -2.31. The quantitative estimate of drug-likeness (QED) is 0.696. The van der Waals surface area contributed by atoms with Crippen LogP contribution < -0.4 is 9.80 Å². The molecule has 0 radical (unpaired) electrons. The summed E-state index contributed by atoms with van der Waals surface area (Å²) in [7, 11) is 3.79. The maximum atomic E-state index is 6.00. The zero-order valence-electron chi connectivity index (χ0n) is 13.8. The minimum absolute atomic E-state index is 0.242. The van der Waals surface area contributed by atoms with Crippen molar-refractivity contribution in [3.8, 4) is 0 Å². The van der Waals surface area contributed by atoms with E-state index in [2.05, 4.69) is 45.5 Å². The summed E-state index contributed by atoms with van der Waals surface area (Å²) in [5.74, 6) is 1.24. The van der Waals surface area contributed by atoms with Gasteiger partial charge in [0.05, 0.1) is 0 Å². The largest absolute Gasteiger partial charge is 0.347 e. The van der Waals surface area contributed by atoms with E-state index >= 15 is 0 Å². The summed E-state index contributed by atoms with van der Waals surface area (Å²) in [6, 6.07) is 0. The van der Waals surface area contributed by atoms with Crippen molar-refractivity contribution in [3.63, 3.8) is 0 Å². The Kier molecular flexibility index (Phi) is 7.67. The van der Waals surface area contributed by atoms with Crippen LogP contribution in [0.3, 0.4) is 0 Å². The summed E-state index contributed by atoms with van der Waals surface area (Å²) in [6.45, 7) is 11.5. The van der Waals surface area contributed by atoms with E-state index in [1.54, 1.807) is 0 Å². The predicted molar refractivity (Wildman–Crippen MR) is 89.5 cm³/mol. The van der Waals surface area contributed by atoms with E-state index in [-0.39, 0.29) is 5.28 Å². The third-order valence-corrected chi connectivity index (χ3v) is 3.61. The van der Waals surface area contributed by atoms with E-state index in [1.165, 1.54) is 0 Å². The minimum atomic E-state index is 0.242. The Morgan fingerprint density at radius 2 is 1.48 bits per heavy atom. The highest BCUT2D eigenvalue weighted by atomic mass is 35.5. The van der Waals surface area contributed by atoms with Gasteiger partial charge in [-0.05, 0) is 44.6 Å². The Morgan fingerprint density at radius 1 is 0.857 bits per heavy atom. The fraction of sp³-hybridized carbons (Fsp3) is 0.786. The van der Waals surface area contributed by atoms with Crippen LogP contribution in [-0.2, 0) is 0 Å². The summed E-state index contributed by atoms with van der Waals surface area (Å²) in [5, 5.41) is 0.242. The van der Waals surface area contributed by atoms with Gasteiger partial charge in [0.1, 0.15) is 0 Å². The molecule has 1 rings (SSSR count). The van der Waals surface area contributed by atoms with E-state index in [0.29, 0.717) is 11.9 Å². The van der Waals surface area contributed by atoms with Gasteiger partial charge in [-0.3, -0.25) is 0 Å². The lowest BCUT2D eigenvalue weighted by atomic mass is 10.3. The van der Waals surface area contributed by atoms with Crippen molar-refractivity contribution in [2.45, 2.75) is 27.2 Å². The summed E-state index contributed by atoms with van der Waals surface area (Å²) in [4.78, 5) is 19.2. The first-order valence-electron chi connectivity index (χ1n) is 7.57. The number of rotatable bonds is 9. The topological polar surface area (TPSA) is 48.4 Å². The van der Waals surface area contributed by atoms with Crippen LogP contribution in [-0.4, -0.2) is 66.7 Å². The Hall–Kier alpha value is -1.14. The number of nitrogens with zero attached hydrogens (tertiary/aromatic N) is 6. The Labute approximate surface area is 133 Å². The van der Waals surface area contributed by atoms with Gasteiger partial charge in [0.25, 0.3) is 0 Å². The van der Waals surface area contributed by atoms with Gasteiger partial charge in [-0.15, -0.1) is 0 Å². The van der Waals surface area contributed by atoms with Crippen LogP contribution in [0.15, 0.2) is 0 Å². The molecule has 1 aromatic heterocycles. The van der Waals surface area contributed by atoms with Crippen molar-refractivity contribution in [1.29, 1.82) is 0 Å².